The topological polar surface area (TPSA) is 43.4 Å². The first kappa shape index (κ1) is 16.3. The van der Waals surface area contributed by atoms with Gasteiger partial charge in [-0.05, 0) is 26.7 Å². The molecule has 0 bridgehead atoms. The molecule has 0 heterocycles. The first-order valence-electron chi connectivity index (χ1n) is 6.05. The first-order valence-corrected chi connectivity index (χ1v) is 8.31. The lowest BCUT2D eigenvalue weighted by atomic mass is 10.1. The Morgan fingerprint density at radius 2 is 1.76 bits per heavy atom. The molecule has 0 aliphatic heterocycles. The van der Waals surface area contributed by atoms with Gasteiger partial charge in [-0.15, -0.1) is 6.42 Å². The Morgan fingerprint density at radius 1 is 1.29 bits per heavy atom. The largest absolute Gasteiger partial charge is 0.446 e. The summed E-state index contributed by atoms with van der Waals surface area (Å²) in [6, 6.07) is 0. The third-order valence-electron chi connectivity index (χ3n) is 2.40. The molecule has 0 atom stereocenters. The van der Waals surface area contributed by atoms with Gasteiger partial charge in [-0.3, -0.25) is 4.79 Å². The lowest BCUT2D eigenvalue weighted by Gasteiger charge is -2.21. The van der Waals surface area contributed by atoms with Crippen LogP contribution in [0.15, 0.2) is 0 Å². The fourth-order valence-electron chi connectivity index (χ4n) is 1.67. The summed E-state index contributed by atoms with van der Waals surface area (Å²) in [5.74, 6) is 1.94. The van der Waals surface area contributed by atoms with E-state index in [1.54, 1.807) is 13.8 Å². The number of terminal acetylenes is 1. The van der Waals surface area contributed by atoms with Gasteiger partial charge < -0.3 is 9.30 Å². The van der Waals surface area contributed by atoms with Crippen molar-refractivity contribution in [1.29, 1.82) is 0 Å². The van der Waals surface area contributed by atoms with Crippen LogP contribution >= 0.6 is 7.14 Å². The minimum Gasteiger partial charge on any atom is -0.446 e. The summed E-state index contributed by atoms with van der Waals surface area (Å²) in [6.45, 7) is 7.24. The Morgan fingerprint density at radius 3 is 2.12 bits per heavy atom. The molecule has 0 aromatic rings. The molecule has 0 aliphatic carbocycles. The van der Waals surface area contributed by atoms with Crippen molar-refractivity contribution >= 4 is 13.1 Å². The Kier molecular flexibility index (Phi) is 6.57. The van der Waals surface area contributed by atoms with E-state index in [1.165, 1.54) is 0 Å². The maximum Gasteiger partial charge on any atom is 0.314 e. The second kappa shape index (κ2) is 6.87. The summed E-state index contributed by atoms with van der Waals surface area (Å²) in [6.07, 6.45) is 8.11. The van der Waals surface area contributed by atoms with E-state index >= 15 is 0 Å². The molecule has 0 aromatic heterocycles. The van der Waals surface area contributed by atoms with Crippen LogP contribution in [0.5, 0.6) is 0 Å². The van der Waals surface area contributed by atoms with Crippen molar-refractivity contribution in [3.05, 3.63) is 0 Å². The van der Waals surface area contributed by atoms with E-state index in [0.29, 0.717) is 12.3 Å². The molecule has 0 N–H and O–H groups in total. The lowest BCUT2D eigenvalue weighted by molar-refractivity contribution is -0.148. The minimum absolute atomic E-state index is 0.0137. The van der Waals surface area contributed by atoms with Crippen LogP contribution < -0.4 is 0 Å². The van der Waals surface area contributed by atoms with Gasteiger partial charge in [0.05, 0.1) is 13.3 Å². The number of hydrogen-bond donors (Lipinski definition) is 0. The summed E-state index contributed by atoms with van der Waals surface area (Å²) in [7, 11) is -2.42. The summed E-state index contributed by atoms with van der Waals surface area (Å²) < 4.78 is 17.6. The van der Waals surface area contributed by atoms with Crippen LogP contribution in [-0.2, 0) is 14.1 Å². The van der Waals surface area contributed by atoms with Gasteiger partial charge in [-0.1, -0.05) is 19.8 Å². The van der Waals surface area contributed by atoms with Gasteiger partial charge in [-0.25, -0.2) is 0 Å². The van der Waals surface area contributed by atoms with Crippen molar-refractivity contribution in [2.75, 3.05) is 18.5 Å². The molecule has 0 unspecified atom stereocenters. The zero-order valence-electron chi connectivity index (χ0n) is 11.3. The van der Waals surface area contributed by atoms with Crippen LogP contribution in [0.2, 0.25) is 0 Å². The summed E-state index contributed by atoms with van der Waals surface area (Å²) in [5.41, 5.74) is -0.916. The fourth-order valence-corrected chi connectivity index (χ4v) is 4.37. The third kappa shape index (κ3) is 6.54. The van der Waals surface area contributed by atoms with Gasteiger partial charge in [-0.2, -0.15) is 0 Å². The molecule has 0 fully saturated rings. The van der Waals surface area contributed by atoms with Gasteiger partial charge in [0.2, 0.25) is 0 Å². The summed E-state index contributed by atoms with van der Waals surface area (Å²) in [5, 5.41) is 0. The standard InChI is InChI=1S/C13H23O3P/c1-6-9-17(15,10-7-2)11-12(14)16-13(4,5)8-3/h3H,6-7,9-11H2,1-2,4-5H3. The monoisotopic (exact) mass is 258 g/mol. The molecule has 4 heteroatoms. The molecule has 3 nitrogen and oxygen atoms in total. The van der Waals surface area contributed by atoms with Crippen LogP contribution in [0.4, 0.5) is 0 Å². The van der Waals surface area contributed by atoms with Crippen LogP contribution in [0.3, 0.4) is 0 Å². The molecule has 0 rings (SSSR count). The van der Waals surface area contributed by atoms with E-state index in [-0.39, 0.29) is 6.16 Å². The van der Waals surface area contributed by atoms with Gasteiger partial charge in [0, 0.05) is 12.3 Å². The van der Waals surface area contributed by atoms with E-state index < -0.39 is 18.7 Å². The van der Waals surface area contributed by atoms with Crippen molar-refractivity contribution in [2.45, 2.75) is 46.1 Å². The smallest absolute Gasteiger partial charge is 0.314 e. The maximum atomic E-state index is 12.4. The minimum atomic E-state index is -2.42. The second-order valence-corrected chi connectivity index (χ2v) is 8.12. The number of rotatable bonds is 7. The number of carbonyl (C=O) groups excluding carboxylic acids is 1. The molecule has 98 valence electrons. The zero-order valence-corrected chi connectivity index (χ0v) is 12.2. The molecule has 17 heavy (non-hydrogen) atoms. The molecule has 0 aromatic carbocycles. The third-order valence-corrected chi connectivity index (χ3v) is 5.76. The average Bonchev–Trinajstić information content (AvgIpc) is 2.16. The van der Waals surface area contributed by atoms with Crippen molar-refractivity contribution in [3.63, 3.8) is 0 Å². The number of hydrogen-bond acceptors (Lipinski definition) is 3. The van der Waals surface area contributed by atoms with Crippen LogP contribution in [0.1, 0.15) is 40.5 Å². The van der Waals surface area contributed by atoms with Gasteiger partial charge in [0.1, 0.15) is 0 Å². The van der Waals surface area contributed by atoms with E-state index in [1.807, 2.05) is 13.8 Å². The van der Waals surface area contributed by atoms with Gasteiger partial charge in [0.15, 0.2) is 5.60 Å². The SMILES string of the molecule is C#CC(C)(C)OC(=O)CP(=O)(CCC)CCC. The summed E-state index contributed by atoms with van der Waals surface area (Å²) >= 11 is 0. The first-order chi connectivity index (χ1) is 7.78. The normalized spacial score (nSPS) is 11.9. The summed E-state index contributed by atoms with van der Waals surface area (Å²) in [4.78, 5) is 11.7. The van der Waals surface area contributed by atoms with Crippen LogP contribution in [0.25, 0.3) is 0 Å². The highest BCUT2D eigenvalue weighted by Gasteiger charge is 2.28. The molecular weight excluding hydrogens is 235 g/mol. The maximum absolute atomic E-state index is 12.4. The quantitative estimate of drug-likeness (QED) is 0.400. The highest BCUT2D eigenvalue weighted by atomic mass is 31.2. The van der Waals surface area contributed by atoms with Crippen molar-refractivity contribution in [2.24, 2.45) is 0 Å². The predicted octanol–water partition coefficient (Wildman–Crippen LogP) is 3.12. The molecule has 0 spiro atoms. The molecule has 0 amide bonds. The highest BCUT2D eigenvalue weighted by Crippen LogP contribution is 2.46. The predicted molar refractivity (Wildman–Crippen MR) is 71.8 cm³/mol. The Balaban J connectivity index is 4.53. The number of carbonyl (C=O) groups is 1. The fraction of sp³-hybridized carbons (Fsp3) is 0.769. The van der Waals surface area contributed by atoms with Crippen LogP contribution in [0, 0.1) is 12.3 Å². The van der Waals surface area contributed by atoms with E-state index in [0.717, 1.165) is 12.8 Å². The molecular formula is C13H23O3P. The molecule has 0 aliphatic rings. The molecule has 0 saturated carbocycles. The number of esters is 1. The van der Waals surface area contributed by atoms with Crippen molar-refractivity contribution < 1.29 is 14.1 Å². The Bertz CT molecular complexity index is 329. The average molecular weight is 258 g/mol. The Labute approximate surface area is 105 Å². The number of ether oxygens (including phenoxy) is 1. The highest BCUT2D eigenvalue weighted by molar-refractivity contribution is 7.64. The van der Waals surface area contributed by atoms with E-state index in [4.69, 9.17) is 11.2 Å². The van der Waals surface area contributed by atoms with E-state index in [2.05, 4.69) is 5.92 Å². The Hall–Kier alpha value is -0.740. The van der Waals surface area contributed by atoms with Gasteiger partial charge >= 0.3 is 5.97 Å². The second-order valence-electron chi connectivity index (χ2n) is 4.79. The van der Waals surface area contributed by atoms with Crippen molar-refractivity contribution in [3.8, 4) is 12.3 Å². The molecule has 0 radical (unpaired) electrons. The van der Waals surface area contributed by atoms with Crippen LogP contribution in [-0.4, -0.2) is 30.1 Å². The van der Waals surface area contributed by atoms with E-state index in [9.17, 15) is 9.36 Å². The van der Waals surface area contributed by atoms with Gasteiger partial charge in [0.25, 0.3) is 0 Å². The lowest BCUT2D eigenvalue weighted by Crippen LogP contribution is -2.28. The zero-order chi connectivity index (χ0) is 13.5. The molecule has 0 saturated heterocycles. The van der Waals surface area contributed by atoms with Crippen molar-refractivity contribution in [1.82, 2.24) is 0 Å².